The van der Waals surface area contributed by atoms with Crippen LogP contribution in [0.5, 0.6) is 5.88 Å². The van der Waals surface area contributed by atoms with Gasteiger partial charge in [-0.25, -0.2) is 0 Å². The van der Waals surface area contributed by atoms with Crippen LogP contribution in [0.15, 0.2) is 53.5 Å². The summed E-state index contributed by atoms with van der Waals surface area (Å²) in [7, 11) is 0. The number of allylic oxidation sites excluding steroid dienone is 1. The van der Waals surface area contributed by atoms with Gasteiger partial charge < -0.3 is 10.4 Å². The van der Waals surface area contributed by atoms with Gasteiger partial charge in [-0.2, -0.15) is 18.2 Å². The van der Waals surface area contributed by atoms with E-state index in [0.717, 1.165) is 34.2 Å². The highest BCUT2D eigenvalue weighted by Gasteiger charge is 2.33. The molecule has 1 aromatic heterocycles. The van der Waals surface area contributed by atoms with Crippen molar-refractivity contribution < 1.29 is 18.3 Å². The fourth-order valence-corrected chi connectivity index (χ4v) is 3.55. The van der Waals surface area contributed by atoms with Crippen LogP contribution in [-0.2, 0) is 6.18 Å². The Morgan fingerprint density at radius 2 is 1.78 bits per heavy atom. The Labute approximate surface area is 156 Å². The number of thiazole rings is 1. The molecule has 0 aliphatic carbocycles. The van der Waals surface area contributed by atoms with Gasteiger partial charge in [0.05, 0.1) is 21.8 Å². The lowest BCUT2D eigenvalue weighted by molar-refractivity contribution is -0.136. The van der Waals surface area contributed by atoms with Gasteiger partial charge in [0, 0.05) is 17.4 Å². The zero-order valence-corrected chi connectivity index (χ0v) is 14.5. The van der Waals surface area contributed by atoms with Gasteiger partial charge in [0.15, 0.2) is 5.13 Å². The molecule has 8 heteroatoms. The van der Waals surface area contributed by atoms with Gasteiger partial charge in [0.25, 0.3) is 0 Å². The second-order valence-corrected chi connectivity index (χ2v) is 6.78. The molecule has 2 N–H and O–H groups in total. The van der Waals surface area contributed by atoms with Gasteiger partial charge in [0.1, 0.15) is 0 Å². The van der Waals surface area contributed by atoms with Crippen LogP contribution in [0.4, 0.5) is 29.7 Å². The van der Waals surface area contributed by atoms with E-state index in [4.69, 9.17) is 0 Å². The number of para-hydroxylation sites is 2. The summed E-state index contributed by atoms with van der Waals surface area (Å²) in [6.45, 7) is 0. The number of rotatable bonds is 3. The van der Waals surface area contributed by atoms with Crippen molar-refractivity contribution in [2.75, 3.05) is 5.32 Å². The minimum Gasteiger partial charge on any atom is -0.492 e. The van der Waals surface area contributed by atoms with Crippen molar-refractivity contribution in [1.82, 2.24) is 4.98 Å². The van der Waals surface area contributed by atoms with Crippen molar-refractivity contribution in [2.45, 2.75) is 6.18 Å². The molecule has 0 unspecified atom stereocenters. The van der Waals surface area contributed by atoms with E-state index >= 15 is 0 Å². The predicted octanol–water partition coefficient (Wildman–Crippen LogP) is 5.87. The minimum atomic E-state index is -4.49. The fourth-order valence-electron chi connectivity index (χ4n) is 2.72. The Morgan fingerprint density at radius 3 is 2.59 bits per heavy atom. The highest BCUT2D eigenvalue weighted by Crippen LogP contribution is 2.39. The third-order valence-electron chi connectivity index (χ3n) is 3.95. The molecule has 27 heavy (non-hydrogen) atoms. The van der Waals surface area contributed by atoms with Gasteiger partial charge in [-0.1, -0.05) is 41.7 Å². The van der Waals surface area contributed by atoms with Crippen LogP contribution in [0, 0.1) is 0 Å². The van der Waals surface area contributed by atoms with Crippen molar-refractivity contribution in [3.63, 3.8) is 0 Å². The van der Waals surface area contributed by atoms with Crippen molar-refractivity contribution in [2.24, 2.45) is 4.99 Å². The molecule has 2 aromatic carbocycles. The van der Waals surface area contributed by atoms with Crippen molar-refractivity contribution in [3.8, 4) is 5.88 Å². The second-order valence-electron chi connectivity index (χ2n) is 5.75. The van der Waals surface area contributed by atoms with Crippen molar-refractivity contribution in [3.05, 3.63) is 64.5 Å². The molecule has 1 aliphatic heterocycles. The number of hydrogen-bond donors (Lipinski definition) is 2. The van der Waals surface area contributed by atoms with E-state index < -0.39 is 11.7 Å². The number of nitrogens with zero attached hydrogens (tertiary/aromatic N) is 2. The summed E-state index contributed by atoms with van der Waals surface area (Å²) in [5, 5.41) is 12.9. The van der Waals surface area contributed by atoms with E-state index in [2.05, 4.69) is 15.3 Å². The van der Waals surface area contributed by atoms with Crippen LogP contribution >= 0.6 is 11.3 Å². The lowest BCUT2D eigenvalue weighted by Gasteiger charge is -2.12. The Kier molecular flexibility index (Phi) is 4.19. The Balaban J connectivity index is 1.65. The summed E-state index contributed by atoms with van der Waals surface area (Å²) in [6.07, 6.45) is -1.10. The molecule has 0 amide bonds. The number of hydrogen-bond acceptors (Lipinski definition) is 5. The van der Waals surface area contributed by atoms with Crippen LogP contribution in [0.2, 0.25) is 0 Å². The predicted molar refractivity (Wildman–Crippen MR) is 101 cm³/mol. The monoisotopic (exact) mass is 387 g/mol. The van der Waals surface area contributed by atoms with E-state index in [1.807, 2.05) is 24.3 Å². The molecule has 0 bridgehead atoms. The molecule has 0 atom stereocenters. The lowest BCUT2D eigenvalue weighted by Crippen LogP contribution is -2.08. The molecule has 0 spiro atoms. The van der Waals surface area contributed by atoms with Gasteiger partial charge >= 0.3 is 6.18 Å². The number of alkyl halides is 3. The van der Waals surface area contributed by atoms with Gasteiger partial charge in [-0.3, -0.25) is 4.99 Å². The van der Waals surface area contributed by atoms with Crippen LogP contribution in [-0.4, -0.2) is 16.3 Å². The number of benzene rings is 2. The first-order chi connectivity index (χ1) is 12.9. The molecule has 0 saturated carbocycles. The summed E-state index contributed by atoms with van der Waals surface area (Å²) in [5.41, 5.74) is 1.63. The topological polar surface area (TPSA) is 57.5 Å². The number of aliphatic imine (C=N–C) groups is 1. The molecular weight excluding hydrogens is 375 g/mol. The number of aromatic hydroxyl groups is 1. The van der Waals surface area contributed by atoms with Gasteiger partial charge in [-0.05, 0) is 24.3 Å². The maximum Gasteiger partial charge on any atom is 0.418 e. The SMILES string of the molecule is Oc1nc(Nc2ccccc2C(F)(F)F)sc1/C=C1\C=Nc2ccccc21. The quantitative estimate of drug-likeness (QED) is 0.591. The van der Waals surface area contributed by atoms with E-state index in [9.17, 15) is 18.3 Å². The zero-order chi connectivity index (χ0) is 19.0. The number of anilines is 2. The van der Waals surface area contributed by atoms with Crippen LogP contribution in [0.25, 0.3) is 11.6 Å². The first-order valence-electron chi connectivity index (χ1n) is 7.90. The molecule has 4 nitrogen and oxygen atoms in total. The minimum absolute atomic E-state index is 0.120. The summed E-state index contributed by atoms with van der Waals surface area (Å²) in [6, 6.07) is 12.7. The Hall–Kier alpha value is -3.13. The van der Waals surface area contributed by atoms with E-state index in [1.54, 1.807) is 12.3 Å². The van der Waals surface area contributed by atoms with Gasteiger partial charge in [0.2, 0.25) is 5.88 Å². The third-order valence-corrected chi connectivity index (χ3v) is 4.86. The largest absolute Gasteiger partial charge is 0.492 e. The number of halogens is 3. The highest BCUT2D eigenvalue weighted by atomic mass is 32.1. The zero-order valence-electron chi connectivity index (χ0n) is 13.7. The van der Waals surface area contributed by atoms with Crippen molar-refractivity contribution in [1.29, 1.82) is 0 Å². The van der Waals surface area contributed by atoms with Crippen LogP contribution in [0.1, 0.15) is 16.0 Å². The number of fused-ring (bicyclic) bond motifs is 1. The second kappa shape index (κ2) is 6.55. The van der Waals surface area contributed by atoms with Gasteiger partial charge in [-0.15, -0.1) is 0 Å². The Morgan fingerprint density at radius 1 is 1.04 bits per heavy atom. The maximum absolute atomic E-state index is 13.1. The molecule has 0 fully saturated rings. The molecule has 0 radical (unpaired) electrons. The van der Waals surface area contributed by atoms with E-state index in [1.165, 1.54) is 18.2 Å². The molecule has 2 heterocycles. The molecule has 136 valence electrons. The van der Waals surface area contributed by atoms with E-state index in [0.29, 0.717) is 4.88 Å². The molecular formula is C19H12F3N3OS. The third kappa shape index (κ3) is 3.43. The average molecular weight is 387 g/mol. The summed E-state index contributed by atoms with van der Waals surface area (Å²) >= 11 is 1.06. The first-order valence-corrected chi connectivity index (χ1v) is 8.72. The maximum atomic E-state index is 13.1. The van der Waals surface area contributed by atoms with E-state index in [-0.39, 0.29) is 16.7 Å². The normalized spacial score (nSPS) is 14.6. The number of nitrogens with one attached hydrogen (secondary N) is 1. The lowest BCUT2D eigenvalue weighted by atomic mass is 10.1. The fraction of sp³-hybridized carbons (Fsp3) is 0.0526. The Bertz CT molecular complexity index is 1070. The smallest absolute Gasteiger partial charge is 0.418 e. The van der Waals surface area contributed by atoms with Crippen LogP contribution < -0.4 is 5.32 Å². The average Bonchev–Trinajstić information content (AvgIpc) is 3.19. The molecule has 4 rings (SSSR count). The van der Waals surface area contributed by atoms with Crippen molar-refractivity contribution >= 4 is 45.7 Å². The van der Waals surface area contributed by atoms with Crippen LogP contribution in [0.3, 0.4) is 0 Å². The number of aromatic nitrogens is 1. The summed E-state index contributed by atoms with van der Waals surface area (Å²) in [4.78, 5) is 8.65. The highest BCUT2D eigenvalue weighted by molar-refractivity contribution is 7.16. The summed E-state index contributed by atoms with van der Waals surface area (Å²) in [5.74, 6) is -0.253. The summed E-state index contributed by atoms with van der Waals surface area (Å²) < 4.78 is 39.3. The first kappa shape index (κ1) is 17.3. The standard InChI is InChI=1S/C19H12F3N3OS/c20-19(21,22)13-6-2-4-8-15(13)24-18-25-17(26)16(27-18)9-11-10-23-14-7-3-1-5-12(11)14/h1-10,26H,(H,24,25)/b11-9+. The molecule has 1 aliphatic rings. The molecule has 0 saturated heterocycles. The molecule has 3 aromatic rings.